The van der Waals surface area contributed by atoms with Crippen LogP contribution in [0, 0.1) is 0 Å². The second-order valence-corrected chi connectivity index (χ2v) is 7.73. The molecule has 7 heteroatoms. The van der Waals surface area contributed by atoms with Crippen molar-refractivity contribution < 1.29 is 8.42 Å². The van der Waals surface area contributed by atoms with E-state index in [1.807, 2.05) is 18.2 Å². The van der Waals surface area contributed by atoms with E-state index in [2.05, 4.69) is 27.2 Å². The molecule has 0 aliphatic rings. The number of nitrogen functional groups attached to an aromatic ring is 1. The molecule has 0 spiro atoms. The molecule has 0 saturated heterocycles. The molecule has 0 heterocycles. The number of benzene rings is 1. The van der Waals surface area contributed by atoms with Gasteiger partial charge in [-0.3, -0.25) is 0 Å². The quantitative estimate of drug-likeness (QED) is 0.584. The van der Waals surface area contributed by atoms with E-state index in [0.717, 1.165) is 4.90 Å². The summed E-state index contributed by atoms with van der Waals surface area (Å²) >= 11 is 4.53. The zero-order chi connectivity index (χ0) is 13.6. The molecular weight excluding hydrogens is 336 g/mol. The molecule has 1 rings (SSSR count). The fourth-order valence-corrected chi connectivity index (χ4v) is 3.84. The molecule has 0 aliphatic carbocycles. The minimum absolute atomic E-state index is 0.0479. The van der Waals surface area contributed by atoms with Crippen molar-refractivity contribution in [1.29, 1.82) is 0 Å². The van der Waals surface area contributed by atoms with Gasteiger partial charge in [0.1, 0.15) is 0 Å². The largest absolute Gasteiger partial charge is 0.398 e. The molecule has 0 fully saturated rings. The van der Waals surface area contributed by atoms with Crippen LogP contribution in [0.25, 0.3) is 0 Å². The third-order valence-corrected chi connectivity index (χ3v) is 4.97. The van der Waals surface area contributed by atoms with Gasteiger partial charge < -0.3 is 5.73 Å². The molecular formula is C11H15BrN2O2S2. The number of nitrogens with one attached hydrogen (secondary N) is 1. The lowest BCUT2D eigenvalue weighted by Crippen LogP contribution is -2.28. The molecule has 0 amide bonds. The Balaban J connectivity index is 2.42. The number of sulfonamides is 1. The van der Waals surface area contributed by atoms with Crippen LogP contribution in [-0.2, 0) is 10.0 Å². The number of hydrogen-bond donors (Lipinski definition) is 2. The Labute approximate surface area is 120 Å². The lowest BCUT2D eigenvalue weighted by atomic mass is 10.3. The third-order valence-electron chi connectivity index (χ3n) is 2.01. The number of halogens is 1. The average Bonchev–Trinajstić information content (AvgIpc) is 2.29. The predicted octanol–water partition coefficient (Wildman–Crippen LogP) is 2.19. The first-order chi connectivity index (χ1) is 8.41. The zero-order valence-corrected chi connectivity index (χ0v) is 12.9. The first-order valence-electron chi connectivity index (χ1n) is 5.18. The number of rotatable bonds is 7. The minimum Gasteiger partial charge on any atom is -0.398 e. The first-order valence-corrected chi connectivity index (χ1v) is 8.62. The highest BCUT2D eigenvalue weighted by Crippen LogP contribution is 2.24. The van der Waals surface area contributed by atoms with Crippen LogP contribution in [0.5, 0.6) is 0 Å². The minimum atomic E-state index is -3.26. The topological polar surface area (TPSA) is 72.2 Å². The van der Waals surface area contributed by atoms with Crippen molar-refractivity contribution in [2.24, 2.45) is 0 Å². The van der Waals surface area contributed by atoms with E-state index in [9.17, 15) is 8.42 Å². The third kappa shape index (κ3) is 5.90. The van der Waals surface area contributed by atoms with Crippen molar-refractivity contribution in [3.63, 3.8) is 0 Å². The summed E-state index contributed by atoms with van der Waals surface area (Å²) in [6.07, 6.45) is 0. The maximum absolute atomic E-state index is 11.6. The number of anilines is 1. The summed E-state index contributed by atoms with van der Waals surface area (Å²) in [6, 6.07) is 7.39. The Morgan fingerprint density at radius 1 is 1.44 bits per heavy atom. The zero-order valence-electron chi connectivity index (χ0n) is 9.73. The molecule has 0 aliphatic heterocycles. The highest BCUT2D eigenvalue weighted by molar-refractivity contribution is 9.11. The van der Waals surface area contributed by atoms with Crippen molar-refractivity contribution in [2.45, 2.75) is 4.90 Å². The summed E-state index contributed by atoms with van der Waals surface area (Å²) in [4.78, 5) is 0.901. The highest BCUT2D eigenvalue weighted by Gasteiger charge is 2.10. The number of nitrogens with two attached hydrogens (primary N) is 1. The Bertz CT molecular complexity index is 518. The lowest BCUT2D eigenvalue weighted by Gasteiger charge is -2.07. The summed E-state index contributed by atoms with van der Waals surface area (Å²) in [6.45, 7) is 3.77. The molecule has 0 unspecified atom stereocenters. The monoisotopic (exact) mass is 350 g/mol. The molecule has 0 aromatic heterocycles. The van der Waals surface area contributed by atoms with Crippen molar-refractivity contribution in [2.75, 3.05) is 23.8 Å². The fourth-order valence-electron chi connectivity index (χ4n) is 1.13. The first kappa shape index (κ1) is 15.6. The highest BCUT2D eigenvalue weighted by atomic mass is 79.9. The Morgan fingerprint density at radius 2 is 2.11 bits per heavy atom. The molecule has 100 valence electrons. The Kier molecular flexibility index (Phi) is 6.20. The van der Waals surface area contributed by atoms with Crippen LogP contribution in [0.2, 0.25) is 0 Å². The van der Waals surface area contributed by atoms with Gasteiger partial charge in [0.05, 0.1) is 5.75 Å². The van der Waals surface area contributed by atoms with Gasteiger partial charge in [-0.15, -0.1) is 11.8 Å². The van der Waals surface area contributed by atoms with Gasteiger partial charge in [0.25, 0.3) is 0 Å². The summed E-state index contributed by atoms with van der Waals surface area (Å²) in [7, 11) is -3.26. The van der Waals surface area contributed by atoms with Crippen molar-refractivity contribution in [3.8, 4) is 0 Å². The van der Waals surface area contributed by atoms with E-state index in [1.54, 1.807) is 6.07 Å². The number of para-hydroxylation sites is 1. The van der Waals surface area contributed by atoms with Gasteiger partial charge in [-0.2, -0.15) is 0 Å². The maximum atomic E-state index is 11.6. The number of hydrogen-bond acceptors (Lipinski definition) is 4. The van der Waals surface area contributed by atoms with E-state index in [1.165, 1.54) is 11.8 Å². The molecule has 0 radical (unpaired) electrons. The van der Waals surface area contributed by atoms with Crippen LogP contribution in [0.4, 0.5) is 5.69 Å². The molecule has 3 N–H and O–H groups in total. The van der Waals surface area contributed by atoms with E-state index >= 15 is 0 Å². The van der Waals surface area contributed by atoms with Gasteiger partial charge in [0, 0.05) is 27.4 Å². The van der Waals surface area contributed by atoms with Crippen molar-refractivity contribution in [3.05, 3.63) is 35.3 Å². The van der Waals surface area contributed by atoms with Gasteiger partial charge in [-0.05, 0) is 12.1 Å². The molecule has 0 bridgehead atoms. The Hall–Kier alpha value is -0.500. The second-order valence-electron chi connectivity index (χ2n) is 3.54. The number of thioether (sulfide) groups is 1. The normalized spacial score (nSPS) is 11.4. The standard InChI is InChI=1S/C11H15BrN2O2S2/c1-9(12)8-14-18(15,16)7-6-17-11-5-3-2-4-10(11)13/h2-5,14H,1,6-8,13H2. The van der Waals surface area contributed by atoms with Crippen LogP contribution in [0.3, 0.4) is 0 Å². The smallest absolute Gasteiger partial charge is 0.212 e. The summed E-state index contributed by atoms with van der Waals surface area (Å²) in [5.74, 6) is 0.505. The fraction of sp³-hybridized carbons (Fsp3) is 0.273. The average molecular weight is 351 g/mol. The van der Waals surface area contributed by atoms with E-state index in [-0.39, 0.29) is 12.3 Å². The van der Waals surface area contributed by atoms with Gasteiger partial charge in [0.15, 0.2) is 0 Å². The molecule has 0 saturated carbocycles. The van der Waals surface area contributed by atoms with Crippen molar-refractivity contribution in [1.82, 2.24) is 4.72 Å². The lowest BCUT2D eigenvalue weighted by molar-refractivity contribution is 0.587. The van der Waals surface area contributed by atoms with Crippen molar-refractivity contribution >= 4 is 43.4 Å². The molecule has 4 nitrogen and oxygen atoms in total. The van der Waals surface area contributed by atoms with Crippen LogP contribution in [0.1, 0.15) is 0 Å². The van der Waals surface area contributed by atoms with Crippen LogP contribution >= 0.6 is 27.7 Å². The molecule has 18 heavy (non-hydrogen) atoms. The SMILES string of the molecule is C=C(Br)CNS(=O)(=O)CCSc1ccccc1N. The van der Waals surface area contributed by atoms with Gasteiger partial charge in [-0.1, -0.05) is 34.6 Å². The van der Waals surface area contributed by atoms with Crippen LogP contribution in [-0.4, -0.2) is 26.5 Å². The second kappa shape index (κ2) is 7.18. The molecule has 1 aromatic rings. The van der Waals surface area contributed by atoms with Crippen LogP contribution in [0.15, 0.2) is 40.2 Å². The van der Waals surface area contributed by atoms with E-state index in [4.69, 9.17) is 5.73 Å². The van der Waals surface area contributed by atoms with E-state index < -0.39 is 10.0 Å². The van der Waals surface area contributed by atoms with Gasteiger partial charge >= 0.3 is 0 Å². The molecule has 1 aromatic carbocycles. The summed E-state index contributed by atoms with van der Waals surface area (Å²) in [5, 5.41) is 0. The van der Waals surface area contributed by atoms with E-state index in [0.29, 0.717) is 15.9 Å². The predicted molar refractivity (Wildman–Crippen MR) is 81.4 cm³/mol. The Morgan fingerprint density at radius 3 is 2.72 bits per heavy atom. The molecule has 0 atom stereocenters. The summed E-state index contributed by atoms with van der Waals surface area (Å²) in [5.41, 5.74) is 6.43. The maximum Gasteiger partial charge on any atom is 0.212 e. The summed E-state index contributed by atoms with van der Waals surface area (Å²) < 4.78 is 26.2. The van der Waals surface area contributed by atoms with Gasteiger partial charge in [-0.25, -0.2) is 13.1 Å². The van der Waals surface area contributed by atoms with Crippen LogP contribution < -0.4 is 10.5 Å². The van der Waals surface area contributed by atoms with Gasteiger partial charge in [0.2, 0.25) is 10.0 Å².